The van der Waals surface area contributed by atoms with Crippen LogP contribution in [0.4, 0.5) is 5.13 Å². The van der Waals surface area contributed by atoms with Gasteiger partial charge in [-0.25, -0.2) is 4.98 Å². The Morgan fingerprint density at radius 2 is 2.17 bits per heavy atom. The number of anilines is 1. The Morgan fingerprint density at radius 1 is 1.44 bits per heavy atom. The van der Waals surface area contributed by atoms with Crippen molar-refractivity contribution < 1.29 is 9.53 Å². The molecule has 1 rings (SSSR count). The third-order valence-corrected chi connectivity index (χ3v) is 3.20. The fourth-order valence-electron chi connectivity index (χ4n) is 1.50. The summed E-state index contributed by atoms with van der Waals surface area (Å²) >= 11 is 1.34. The number of aryl methyl sites for hydroxylation is 1. The molecule has 0 spiro atoms. The maximum Gasteiger partial charge on any atom is 0.325 e. The van der Waals surface area contributed by atoms with Crippen LogP contribution in [0.25, 0.3) is 0 Å². The molecule has 0 atom stereocenters. The molecule has 0 aliphatic carbocycles. The van der Waals surface area contributed by atoms with E-state index in [1.165, 1.54) is 11.5 Å². The number of hydrogen-bond acceptors (Lipinski definition) is 6. The number of esters is 1. The van der Waals surface area contributed by atoms with E-state index < -0.39 is 0 Å². The fourth-order valence-corrected chi connectivity index (χ4v) is 2.35. The predicted octanol–water partition coefficient (Wildman–Crippen LogP) is 2.27. The van der Waals surface area contributed by atoms with Crippen molar-refractivity contribution in [1.82, 2.24) is 9.36 Å². The number of carbonyl (C=O) groups excluding carboxylic acids is 1. The quantitative estimate of drug-likeness (QED) is 0.712. The Bertz CT molecular complexity index is 379. The Hall–Kier alpha value is -1.17. The average Bonchev–Trinajstić information content (AvgIpc) is 2.75. The molecule has 6 heteroatoms. The van der Waals surface area contributed by atoms with Crippen molar-refractivity contribution in [2.75, 3.05) is 18.1 Å². The fraction of sp³-hybridized carbons (Fsp3) is 0.750. The summed E-state index contributed by atoms with van der Waals surface area (Å²) in [6, 6.07) is 0.192. The van der Waals surface area contributed by atoms with Crippen molar-refractivity contribution in [3.63, 3.8) is 0 Å². The standard InChI is InChI=1S/C12H21N3O2S/c1-5-7-10-13-12(18-14-10)15(9(3)4)8-11(16)17-6-2/h9H,5-8H2,1-4H3. The Kier molecular flexibility index (Phi) is 6.04. The van der Waals surface area contributed by atoms with Gasteiger partial charge in [0.2, 0.25) is 5.13 Å². The zero-order valence-electron chi connectivity index (χ0n) is 11.5. The highest BCUT2D eigenvalue weighted by Crippen LogP contribution is 2.20. The van der Waals surface area contributed by atoms with Crippen LogP contribution >= 0.6 is 11.5 Å². The topological polar surface area (TPSA) is 55.3 Å². The summed E-state index contributed by atoms with van der Waals surface area (Å²) in [5.41, 5.74) is 0. The summed E-state index contributed by atoms with van der Waals surface area (Å²) in [5.74, 6) is 0.630. The normalized spacial score (nSPS) is 10.7. The molecule has 0 aliphatic rings. The number of ether oxygens (including phenoxy) is 1. The molecule has 0 aliphatic heterocycles. The first-order valence-corrected chi connectivity index (χ1v) is 7.10. The van der Waals surface area contributed by atoms with Crippen LogP contribution in [-0.4, -0.2) is 34.5 Å². The minimum absolute atomic E-state index is 0.192. The Morgan fingerprint density at radius 3 is 2.72 bits per heavy atom. The van der Waals surface area contributed by atoms with Gasteiger partial charge in [0.25, 0.3) is 0 Å². The van der Waals surface area contributed by atoms with Gasteiger partial charge in [-0.1, -0.05) is 6.92 Å². The monoisotopic (exact) mass is 271 g/mol. The van der Waals surface area contributed by atoms with Crippen molar-refractivity contribution in [3.05, 3.63) is 5.82 Å². The largest absolute Gasteiger partial charge is 0.465 e. The third-order valence-electron chi connectivity index (χ3n) is 2.40. The van der Waals surface area contributed by atoms with Crippen LogP contribution in [0, 0.1) is 0 Å². The maximum absolute atomic E-state index is 11.6. The Labute approximate surface area is 112 Å². The SMILES string of the molecule is CCCc1nsc(N(CC(=O)OCC)C(C)C)n1. The number of nitrogens with zero attached hydrogens (tertiary/aromatic N) is 3. The van der Waals surface area contributed by atoms with Gasteiger partial charge < -0.3 is 9.64 Å². The van der Waals surface area contributed by atoms with Gasteiger partial charge in [-0.05, 0) is 27.2 Å². The first-order valence-electron chi connectivity index (χ1n) is 6.33. The summed E-state index contributed by atoms with van der Waals surface area (Å²) in [5, 5.41) is 0.793. The van der Waals surface area contributed by atoms with Crippen molar-refractivity contribution in [2.24, 2.45) is 0 Å². The van der Waals surface area contributed by atoms with E-state index in [1.54, 1.807) is 0 Å². The van der Waals surface area contributed by atoms with Gasteiger partial charge in [0.05, 0.1) is 6.61 Å². The average molecular weight is 271 g/mol. The van der Waals surface area contributed by atoms with Crippen LogP contribution in [0.3, 0.4) is 0 Å². The highest BCUT2D eigenvalue weighted by atomic mass is 32.1. The molecule has 5 nitrogen and oxygen atoms in total. The van der Waals surface area contributed by atoms with E-state index in [1.807, 2.05) is 25.7 Å². The molecule has 1 aromatic heterocycles. The molecule has 0 radical (unpaired) electrons. The molecule has 102 valence electrons. The Balaban J connectivity index is 2.73. The summed E-state index contributed by atoms with van der Waals surface area (Å²) in [7, 11) is 0. The second kappa shape index (κ2) is 7.31. The highest BCUT2D eigenvalue weighted by molar-refractivity contribution is 7.09. The summed E-state index contributed by atoms with van der Waals surface area (Å²) in [4.78, 5) is 17.9. The van der Waals surface area contributed by atoms with Crippen molar-refractivity contribution in [2.45, 2.75) is 46.6 Å². The smallest absolute Gasteiger partial charge is 0.325 e. The molecule has 1 heterocycles. The van der Waals surface area contributed by atoms with E-state index in [2.05, 4.69) is 16.3 Å². The minimum atomic E-state index is -0.224. The van der Waals surface area contributed by atoms with Crippen LogP contribution in [0.1, 0.15) is 39.9 Å². The molecule has 0 aromatic carbocycles. The summed E-state index contributed by atoms with van der Waals surface area (Å²) in [6.45, 7) is 8.59. The molecule has 0 bridgehead atoms. The molecule has 0 saturated heterocycles. The van der Waals surface area contributed by atoms with Gasteiger partial charge in [-0.15, -0.1) is 0 Å². The van der Waals surface area contributed by atoms with Gasteiger partial charge >= 0.3 is 5.97 Å². The molecule has 0 amide bonds. The van der Waals surface area contributed by atoms with Crippen LogP contribution in [-0.2, 0) is 16.0 Å². The van der Waals surface area contributed by atoms with E-state index >= 15 is 0 Å². The van der Waals surface area contributed by atoms with Gasteiger partial charge in [-0.3, -0.25) is 4.79 Å². The van der Waals surface area contributed by atoms with Gasteiger partial charge in [0.1, 0.15) is 12.4 Å². The first kappa shape index (κ1) is 14.9. The molecule has 0 saturated carbocycles. The molecule has 1 aromatic rings. The van der Waals surface area contributed by atoms with Gasteiger partial charge in [0, 0.05) is 24.0 Å². The number of aromatic nitrogens is 2. The lowest BCUT2D eigenvalue weighted by Crippen LogP contribution is -2.36. The summed E-state index contributed by atoms with van der Waals surface area (Å²) in [6.07, 6.45) is 1.90. The van der Waals surface area contributed by atoms with E-state index in [0.717, 1.165) is 23.8 Å². The molecule has 18 heavy (non-hydrogen) atoms. The number of hydrogen-bond donors (Lipinski definition) is 0. The van der Waals surface area contributed by atoms with Crippen molar-refractivity contribution in [3.8, 4) is 0 Å². The minimum Gasteiger partial charge on any atom is -0.465 e. The zero-order valence-corrected chi connectivity index (χ0v) is 12.3. The van der Waals surface area contributed by atoms with Gasteiger partial charge in [0.15, 0.2) is 0 Å². The van der Waals surface area contributed by atoms with Crippen molar-refractivity contribution in [1.29, 1.82) is 0 Å². The number of rotatable bonds is 7. The lowest BCUT2D eigenvalue weighted by molar-refractivity contribution is -0.141. The second-order valence-electron chi connectivity index (χ2n) is 4.27. The zero-order chi connectivity index (χ0) is 13.5. The second-order valence-corrected chi connectivity index (χ2v) is 5.00. The highest BCUT2D eigenvalue weighted by Gasteiger charge is 2.19. The lowest BCUT2D eigenvalue weighted by Gasteiger charge is -2.24. The van der Waals surface area contributed by atoms with Crippen molar-refractivity contribution >= 4 is 22.6 Å². The van der Waals surface area contributed by atoms with Crippen LogP contribution < -0.4 is 4.90 Å². The number of carbonyl (C=O) groups is 1. The maximum atomic E-state index is 11.6. The van der Waals surface area contributed by atoms with E-state index in [9.17, 15) is 4.79 Å². The van der Waals surface area contributed by atoms with E-state index in [4.69, 9.17) is 4.74 Å². The molecule has 0 unspecified atom stereocenters. The van der Waals surface area contributed by atoms with Crippen LogP contribution in [0.15, 0.2) is 0 Å². The molecular weight excluding hydrogens is 250 g/mol. The van der Waals surface area contributed by atoms with Crippen LogP contribution in [0.2, 0.25) is 0 Å². The van der Waals surface area contributed by atoms with Crippen LogP contribution in [0.5, 0.6) is 0 Å². The molecular formula is C12H21N3O2S. The first-order chi connectivity index (χ1) is 8.58. The predicted molar refractivity (Wildman–Crippen MR) is 73.0 cm³/mol. The van der Waals surface area contributed by atoms with E-state index in [0.29, 0.717) is 6.61 Å². The van der Waals surface area contributed by atoms with Gasteiger partial charge in [-0.2, -0.15) is 4.37 Å². The molecule has 0 fully saturated rings. The lowest BCUT2D eigenvalue weighted by atomic mass is 10.3. The van der Waals surface area contributed by atoms with E-state index in [-0.39, 0.29) is 18.6 Å². The molecule has 0 N–H and O–H groups in total. The summed E-state index contributed by atoms with van der Waals surface area (Å²) < 4.78 is 9.27. The third kappa shape index (κ3) is 4.25.